The number of phenolic OH excluding ortho intramolecular Hbond substituents is 1. The van der Waals surface area contributed by atoms with Crippen LogP contribution in [0.1, 0.15) is 18.1 Å². The largest absolute Gasteiger partial charge is 0.508 e. The number of phenols is 1. The zero-order valence-corrected chi connectivity index (χ0v) is 12.7. The van der Waals surface area contributed by atoms with Gasteiger partial charge in [0.1, 0.15) is 5.75 Å². The molecule has 0 fully saturated rings. The molecule has 0 aromatic heterocycles. The first-order valence-corrected chi connectivity index (χ1v) is 6.93. The molecule has 0 bridgehead atoms. The summed E-state index contributed by atoms with van der Waals surface area (Å²) in [6, 6.07) is 10.6. The summed E-state index contributed by atoms with van der Waals surface area (Å²) in [5.74, 6) is 0.0832. The van der Waals surface area contributed by atoms with Gasteiger partial charge in [0, 0.05) is 35.4 Å². The van der Waals surface area contributed by atoms with Gasteiger partial charge in [-0.25, -0.2) is 0 Å². The van der Waals surface area contributed by atoms with Crippen LogP contribution in [0.15, 0.2) is 36.4 Å². The van der Waals surface area contributed by atoms with Gasteiger partial charge in [-0.3, -0.25) is 4.79 Å². The molecule has 0 heterocycles. The average Bonchev–Trinajstić information content (AvgIpc) is 2.42. The Hall–Kier alpha value is -2.20. The van der Waals surface area contributed by atoms with Gasteiger partial charge in [0.25, 0.3) is 0 Å². The van der Waals surface area contributed by atoms with E-state index in [9.17, 15) is 9.90 Å². The van der Waals surface area contributed by atoms with Crippen LogP contribution < -0.4 is 10.6 Å². The van der Waals surface area contributed by atoms with E-state index in [-0.39, 0.29) is 11.7 Å². The van der Waals surface area contributed by atoms with Gasteiger partial charge in [-0.15, -0.1) is 0 Å². The van der Waals surface area contributed by atoms with Gasteiger partial charge >= 0.3 is 0 Å². The van der Waals surface area contributed by atoms with Crippen molar-refractivity contribution < 1.29 is 9.90 Å². The van der Waals surface area contributed by atoms with Gasteiger partial charge in [0.15, 0.2) is 0 Å². The van der Waals surface area contributed by atoms with E-state index in [1.54, 1.807) is 18.2 Å². The van der Waals surface area contributed by atoms with E-state index in [1.165, 1.54) is 6.92 Å². The smallest absolute Gasteiger partial charge is 0.221 e. The van der Waals surface area contributed by atoms with Crippen LogP contribution in [0, 0.1) is 6.92 Å². The number of nitrogens with one attached hydrogen (secondary N) is 2. The zero-order chi connectivity index (χ0) is 15.4. The highest BCUT2D eigenvalue weighted by Crippen LogP contribution is 2.25. The molecule has 1 amide bonds. The van der Waals surface area contributed by atoms with Crippen LogP contribution >= 0.6 is 11.6 Å². The topological polar surface area (TPSA) is 61.4 Å². The van der Waals surface area contributed by atoms with E-state index < -0.39 is 0 Å². The monoisotopic (exact) mass is 304 g/mol. The number of carbonyl (C=O) groups is 1. The number of halogens is 1. The Morgan fingerprint density at radius 2 is 2.00 bits per heavy atom. The fourth-order valence-corrected chi connectivity index (χ4v) is 2.17. The fraction of sp³-hybridized carbons (Fsp3) is 0.188. The Bertz CT molecular complexity index is 671. The van der Waals surface area contributed by atoms with Gasteiger partial charge < -0.3 is 15.7 Å². The van der Waals surface area contributed by atoms with Gasteiger partial charge in [-0.2, -0.15) is 0 Å². The quantitative estimate of drug-likeness (QED) is 0.802. The first-order chi connectivity index (χ1) is 9.95. The summed E-state index contributed by atoms with van der Waals surface area (Å²) in [6.45, 7) is 3.88. The minimum absolute atomic E-state index is 0.114. The minimum Gasteiger partial charge on any atom is -0.508 e. The van der Waals surface area contributed by atoms with Gasteiger partial charge in [0.2, 0.25) is 5.91 Å². The third-order valence-corrected chi connectivity index (χ3v) is 3.30. The molecule has 4 nitrogen and oxygen atoms in total. The number of amides is 1. The van der Waals surface area contributed by atoms with E-state index in [0.717, 1.165) is 16.9 Å². The number of carbonyl (C=O) groups excluding carboxylic acids is 1. The maximum atomic E-state index is 11.1. The molecule has 0 atom stereocenters. The van der Waals surface area contributed by atoms with Crippen LogP contribution in [-0.4, -0.2) is 11.0 Å². The Morgan fingerprint density at radius 1 is 1.24 bits per heavy atom. The Labute approximate surface area is 128 Å². The van der Waals surface area contributed by atoms with Crippen molar-refractivity contribution in [3.05, 3.63) is 52.5 Å². The zero-order valence-electron chi connectivity index (χ0n) is 11.9. The summed E-state index contributed by atoms with van der Waals surface area (Å²) in [4.78, 5) is 11.1. The van der Waals surface area contributed by atoms with Crippen LogP contribution in [0.25, 0.3) is 0 Å². The molecule has 0 spiro atoms. The molecule has 5 heteroatoms. The predicted octanol–water partition coefficient (Wildman–Crippen LogP) is 3.92. The van der Waals surface area contributed by atoms with Crippen molar-refractivity contribution in [1.29, 1.82) is 0 Å². The molecular formula is C16H17ClN2O2. The number of benzene rings is 2. The molecule has 21 heavy (non-hydrogen) atoms. The maximum absolute atomic E-state index is 11.1. The standard InChI is InChI=1S/C16H17ClN2O2/c1-10-3-5-14(19-11(2)20)8-15(10)18-9-12-7-13(17)4-6-16(12)21/h3-8,18,21H,9H2,1-2H3,(H,19,20). The Morgan fingerprint density at radius 3 is 2.71 bits per heavy atom. The molecule has 110 valence electrons. The van der Waals surface area contributed by atoms with E-state index in [1.807, 2.05) is 25.1 Å². The molecule has 2 aromatic rings. The number of anilines is 2. The predicted molar refractivity (Wildman–Crippen MR) is 85.9 cm³/mol. The lowest BCUT2D eigenvalue weighted by atomic mass is 10.1. The third kappa shape index (κ3) is 4.13. The summed E-state index contributed by atoms with van der Waals surface area (Å²) in [5, 5.41) is 16.4. The highest BCUT2D eigenvalue weighted by atomic mass is 35.5. The van der Waals surface area contributed by atoms with Crippen molar-refractivity contribution in [3.63, 3.8) is 0 Å². The van der Waals surface area contributed by atoms with Crippen molar-refractivity contribution >= 4 is 28.9 Å². The second-order valence-corrected chi connectivity index (χ2v) is 5.27. The van der Waals surface area contributed by atoms with Crippen LogP contribution in [-0.2, 0) is 11.3 Å². The molecule has 2 rings (SSSR count). The molecule has 0 radical (unpaired) electrons. The summed E-state index contributed by atoms with van der Waals surface area (Å²) < 4.78 is 0. The van der Waals surface area contributed by atoms with Gasteiger partial charge in [-0.1, -0.05) is 17.7 Å². The Kier molecular flexibility index (Phi) is 4.70. The van der Waals surface area contributed by atoms with Crippen molar-refractivity contribution in [2.24, 2.45) is 0 Å². The Balaban J connectivity index is 2.15. The molecular weight excluding hydrogens is 288 g/mol. The second-order valence-electron chi connectivity index (χ2n) is 4.84. The molecule has 0 saturated carbocycles. The molecule has 0 saturated heterocycles. The first kappa shape index (κ1) is 15.2. The van der Waals surface area contributed by atoms with Crippen LogP contribution in [0.2, 0.25) is 5.02 Å². The molecule has 0 aliphatic rings. The molecule has 3 N–H and O–H groups in total. The highest BCUT2D eigenvalue weighted by molar-refractivity contribution is 6.30. The third-order valence-electron chi connectivity index (χ3n) is 3.07. The molecule has 0 aliphatic heterocycles. The van der Waals surface area contributed by atoms with Gasteiger partial charge in [0.05, 0.1) is 0 Å². The molecule has 0 aliphatic carbocycles. The lowest BCUT2D eigenvalue weighted by Gasteiger charge is -2.13. The van der Waals surface area contributed by atoms with E-state index >= 15 is 0 Å². The van der Waals surface area contributed by atoms with Crippen LogP contribution in [0.4, 0.5) is 11.4 Å². The lowest BCUT2D eigenvalue weighted by Crippen LogP contribution is -2.07. The summed E-state index contributed by atoms with van der Waals surface area (Å²) in [6.07, 6.45) is 0. The number of hydrogen-bond acceptors (Lipinski definition) is 3. The summed E-state index contributed by atoms with van der Waals surface area (Å²) in [5.41, 5.74) is 3.38. The normalized spacial score (nSPS) is 10.2. The molecule has 2 aromatic carbocycles. The van der Waals surface area contributed by atoms with E-state index in [4.69, 9.17) is 11.6 Å². The van der Waals surface area contributed by atoms with Crippen molar-refractivity contribution in [3.8, 4) is 5.75 Å². The maximum Gasteiger partial charge on any atom is 0.221 e. The van der Waals surface area contributed by atoms with Crippen LogP contribution in [0.5, 0.6) is 5.75 Å². The first-order valence-electron chi connectivity index (χ1n) is 6.55. The van der Waals surface area contributed by atoms with E-state index in [2.05, 4.69) is 10.6 Å². The average molecular weight is 305 g/mol. The lowest BCUT2D eigenvalue weighted by molar-refractivity contribution is -0.114. The molecule has 0 unspecified atom stereocenters. The SMILES string of the molecule is CC(=O)Nc1ccc(C)c(NCc2cc(Cl)ccc2O)c1. The summed E-state index contributed by atoms with van der Waals surface area (Å²) in [7, 11) is 0. The minimum atomic E-state index is -0.114. The van der Waals surface area contributed by atoms with Crippen molar-refractivity contribution in [2.75, 3.05) is 10.6 Å². The number of aromatic hydroxyl groups is 1. The number of rotatable bonds is 4. The highest BCUT2D eigenvalue weighted by Gasteiger charge is 2.05. The number of hydrogen-bond donors (Lipinski definition) is 3. The fourth-order valence-electron chi connectivity index (χ4n) is 1.98. The van der Waals surface area contributed by atoms with Crippen LogP contribution in [0.3, 0.4) is 0 Å². The van der Waals surface area contributed by atoms with E-state index in [0.29, 0.717) is 17.1 Å². The second kappa shape index (κ2) is 6.50. The van der Waals surface area contributed by atoms with Gasteiger partial charge in [-0.05, 0) is 42.8 Å². The summed E-state index contributed by atoms with van der Waals surface area (Å²) >= 11 is 5.93. The van der Waals surface area contributed by atoms with Crippen molar-refractivity contribution in [1.82, 2.24) is 0 Å². The number of aryl methyl sites for hydroxylation is 1. The van der Waals surface area contributed by atoms with Crippen molar-refractivity contribution in [2.45, 2.75) is 20.4 Å².